The highest BCUT2D eigenvalue weighted by atomic mass is 16.5. The van der Waals surface area contributed by atoms with E-state index in [4.69, 9.17) is 14.2 Å². The van der Waals surface area contributed by atoms with Gasteiger partial charge in [-0.3, -0.25) is 0 Å². The molecule has 25 heavy (non-hydrogen) atoms. The van der Waals surface area contributed by atoms with Crippen LogP contribution in [0.15, 0.2) is 42.7 Å². The molecule has 0 fully saturated rings. The summed E-state index contributed by atoms with van der Waals surface area (Å²) >= 11 is 0. The average molecular weight is 339 g/mol. The summed E-state index contributed by atoms with van der Waals surface area (Å²) in [6.07, 6.45) is 1.53. The van der Waals surface area contributed by atoms with Crippen molar-refractivity contribution in [2.75, 3.05) is 32.8 Å². The van der Waals surface area contributed by atoms with Gasteiger partial charge in [0.1, 0.15) is 18.8 Å². The summed E-state index contributed by atoms with van der Waals surface area (Å²) in [7, 11) is 3.25. The Morgan fingerprint density at radius 3 is 2.64 bits per heavy atom. The first kappa shape index (κ1) is 17.0. The van der Waals surface area contributed by atoms with Gasteiger partial charge in [0.15, 0.2) is 11.5 Å². The van der Waals surface area contributed by atoms with Gasteiger partial charge in [-0.25, -0.2) is 9.97 Å². The van der Waals surface area contributed by atoms with Gasteiger partial charge < -0.3 is 19.5 Å². The highest BCUT2D eigenvalue weighted by Gasteiger charge is 2.12. The molecule has 2 aromatic carbocycles. The zero-order valence-electron chi connectivity index (χ0n) is 14.6. The molecule has 0 amide bonds. The van der Waals surface area contributed by atoms with Gasteiger partial charge in [-0.15, -0.1) is 0 Å². The number of aryl methyl sites for hydroxylation is 1. The minimum Gasteiger partial charge on any atom is -0.493 e. The second-order valence-electron chi connectivity index (χ2n) is 5.58. The number of methoxy groups -OCH3 is 2. The summed E-state index contributed by atoms with van der Waals surface area (Å²) in [4.78, 5) is 8.72. The van der Waals surface area contributed by atoms with Crippen molar-refractivity contribution < 1.29 is 14.2 Å². The van der Waals surface area contributed by atoms with Gasteiger partial charge in [-0.1, -0.05) is 12.1 Å². The van der Waals surface area contributed by atoms with Crippen LogP contribution in [0, 0.1) is 6.92 Å². The summed E-state index contributed by atoms with van der Waals surface area (Å²) in [5, 5.41) is 4.20. The summed E-state index contributed by atoms with van der Waals surface area (Å²) in [6, 6.07) is 11.9. The summed E-state index contributed by atoms with van der Waals surface area (Å²) < 4.78 is 16.2. The van der Waals surface area contributed by atoms with E-state index in [0.717, 1.165) is 22.4 Å². The molecular weight excluding hydrogens is 318 g/mol. The van der Waals surface area contributed by atoms with Crippen LogP contribution in [0.4, 0.5) is 11.5 Å². The maximum absolute atomic E-state index is 5.72. The number of nitrogens with one attached hydrogen (secondary N) is 1. The van der Waals surface area contributed by atoms with E-state index < -0.39 is 0 Å². The average Bonchev–Trinajstić information content (AvgIpc) is 2.61. The molecule has 0 saturated heterocycles. The van der Waals surface area contributed by atoms with Crippen LogP contribution < -0.4 is 14.8 Å². The molecular formula is C19H21N3O3. The predicted octanol–water partition coefficient (Wildman–Crippen LogP) is 3.72. The van der Waals surface area contributed by atoms with E-state index >= 15 is 0 Å². The standard InChI is InChI=1S/C19H21N3O3/c1-13-5-4-6-14(9-13)22-19-15-10-17(24-3)18(25-8-7-23-2)11-16(15)20-12-21-19/h4-6,9-12H,7-8H2,1-3H3,(H,20,21,22). The van der Waals surface area contributed by atoms with E-state index in [9.17, 15) is 0 Å². The molecule has 0 aliphatic rings. The van der Waals surface area contributed by atoms with Crippen LogP contribution in [0.5, 0.6) is 11.5 Å². The van der Waals surface area contributed by atoms with Crippen molar-refractivity contribution in [1.82, 2.24) is 9.97 Å². The molecule has 6 nitrogen and oxygen atoms in total. The summed E-state index contributed by atoms with van der Waals surface area (Å²) in [5.74, 6) is 1.98. The van der Waals surface area contributed by atoms with Gasteiger partial charge in [-0.05, 0) is 30.7 Å². The van der Waals surface area contributed by atoms with Crippen molar-refractivity contribution in [3.8, 4) is 11.5 Å². The Labute approximate surface area is 146 Å². The zero-order chi connectivity index (χ0) is 17.6. The second-order valence-corrected chi connectivity index (χ2v) is 5.58. The number of nitrogens with zero attached hydrogens (tertiary/aromatic N) is 2. The molecule has 1 aromatic heterocycles. The SMILES string of the molecule is COCCOc1cc2ncnc(Nc3cccc(C)c3)c2cc1OC. The number of fused-ring (bicyclic) bond motifs is 1. The lowest BCUT2D eigenvalue weighted by Crippen LogP contribution is -2.05. The van der Waals surface area contributed by atoms with Crippen LogP contribution in [0.3, 0.4) is 0 Å². The third-order valence-corrected chi connectivity index (χ3v) is 3.75. The number of rotatable bonds is 7. The van der Waals surface area contributed by atoms with Gasteiger partial charge >= 0.3 is 0 Å². The zero-order valence-corrected chi connectivity index (χ0v) is 14.6. The third-order valence-electron chi connectivity index (χ3n) is 3.75. The largest absolute Gasteiger partial charge is 0.493 e. The first-order valence-electron chi connectivity index (χ1n) is 7.99. The Morgan fingerprint density at radius 2 is 1.88 bits per heavy atom. The van der Waals surface area contributed by atoms with Crippen LogP contribution in [0.25, 0.3) is 10.9 Å². The van der Waals surface area contributed by atoms with Gasteiger partial charge in [-0.2, -0.15) is 0 Å². The van der Waals surface area contributed by atoms with Crippen LogP contribution in [0.2, 0.25) is 0 Å². The van der Waals surface area contributed by atoms with Crippen LogP contribution in [-0.4, -0.2) is 37.4 Å². The van der Waals surface area contributed by atoms with Gasteiger partial charge in [0.05, 0.1) is 19.2 Å². The smallest absolute Gasteiger partial charge is 0.163 e. The number of aromatic nitrogens is 2. The highest BCUT2D eigenvalue weighted by Crippen LogP contribution is 2.34. The van der Waals surface area contributed by atoms with Gasteiger partial charge in [0.2, 0.25) is 0 Å². The van der Waals surface area contributed by atoms with Crippen molar-refractivity contribution in [3.63, 3.8) is 0 Å². The number of hydrogen-bond donors (Lipinski definition) is 1. The molecule has 0 saturated carbocycles. The third kappa shape index (κ3) is 3.97. The Morgan fingerprint density at radius 1 is 1.00 bits per heavy atom. The predicted molar refractivity (Wildman–Crippen MR) is 97.9 cm³/mol. The quantitative estimate of drug-likeness (QED) is 0.662. The molecule has 0 unspecified atom stereocenters. The molecule has 0 atom stereocenters. The fourth-order valence-electron chi connectivity index (χ4n) is 2.53. The van der Waals surface area contributed by atoms with Crippen LogP contribution in [0.1, 0.15) is 5.56 Å². The molecule has 1 N–H and O–H groups in total. The summed E-state index contributed by atoms with van der Waals surface area (Å²) in [5.41, 5.74) is 2.92. The Kier molecular flexibility index (Phi) is 5.30. The van der Waals surface area contributed by atoms with E-state index in [1.165, 1.54) is 11.9 Å². The maximum Gasteiger partial charge on any atom is 0.163 e. The van der Waals surface area contributed by atoms with E-state index in [2.05, 4.69) is 34.3 Å². The number of ether oxygens (including phenoxy) is 3. The fourth-order valence-corrected chi connectivity index (χ4v) is 2.53. The number of benzene rings is 2. The van der Waals surface area contributed by atoms with E-state index in [-0.39, 0.29) is 0 Å². The molecule has 0 spiro atoms. The molecule has 1 heterocycles. The van der Waals surface area contributed by atoms with Crippen LogP contribution in [-0.2, 0) is 4.74 Å². The first-order chi connectivity index (χ1) is 12.2. The second kappa shape index (κ2) is 7.81. The molecule has 130 valence electrons. The van der Waals surface area contributed by atoms with E-state index in [0.29, 0.717) is 24.7 Å². The van der Waals surface area contributed by atoms with Crippen LogP contribution >= 0.6 is 0 Å². The molecule has 0 radical (unpaired) electrons. The maximum atomic E-state index is 5.72. The van der Waals surface area contributed by atoms with Crippen molar-refractivity contribution in [3.05, 3.63) is 48.3 Å². The van der Waals surface area contributed by atoms with Crippen molar-refractivity contribution in [1.29, 1.82) is 0 Å². The van der Waals surface area contributed by atoms with Crippen molar-refractivity contribution >= 4 is 22.4 Å². The van der Waals surface area contributed by atoms with Gasteiger partial charge in [0, 0.05) is 24.2 Å². The minimum atomic E-state index is 0.442. The molecule has 3 aromatic rings. The topological polar surface area (TPSA) is 65.5 Å². The van der Waals surface area contributed by atoms with Crippen molar-refractivity contribution in [2.45, 2.75) is 6.92 Å². The Balaban J connectivity index is 1.97. The normalized spacial score (nSPS) is 10.7. The summed E-state index contributed by atoms with van der Waals surface area (Å²) in [6.45, 7) is 3.00. The van der Waals surface area contributed by atoms with Gasteiger partial charge in [0.25, 0.3) is 0 Å². The number of anilines is 2. The minimum absolute atomic E-state index is 0.442. The molecule has 3 rings (SSSR count). The lowest BCUT2D eigenvalue weighted by Gasteiger charge is -2.13. The first-order valence-corrected chi connectivity index (χ1v) is 7.99. The Hall–Kier alpha value is -2.86. The van der Waals surface area contributed by atoms with Crippen molar-refractivity contribution in [2.24, 2.45) is 0 Å². The van der Waals surface area contributed by atoms with E-state index in [1.807, 2.05) is 24.3 Å². The molecule has 0 aliphatic heterocycles. The lowest BCUT2D eigenvalue weighted by atomic mass is 10.2. The molecule has 0 bridgehead atoms. The fraction of sp³-hybridized carbons (Fsp3) is 0.263. The van der Waals surface area contributed by atoms with E-state index in [1.54, 1.807) is 14.2 Å². The monoisotopic (exact) mass is 339 g/mol. The number of hydrogen-bond acceptors (Lipinski definition) is 6. The lowest BCUT2D eigenvalue weighted by molar-refractivity contribution is 0.144. The highest BCUT2D eigenvalue weighted by molar-refractivity contribution is 5.93. The molecule has 0 aliphatic carbocycles. The Bertz CT molecular complexity index is 868. The molecule has 6 heteroatoms.